The molecular weight excluding hydrogens is 222 g/mol. The summed E-state index contributed by atoms with van der Waals surface area (Å²) in [6.45, 7) is 1.06. The van der Waals surface area contributed by atoms with E-state index in [0.29, 0.717) is 6.42 Å². The van der Waals surface area contributed by atoms with Gasteiger partial charge in [-0.2, -0.15) is 16.9 Å². The van der Waals surface area contributed by atoms with Crippen molar-refractivity contribution in [2.24, 2.45) is 7.05 Å². The summed E-state index contributed by atoms with van der Waals surface area (Å²) in [7, 11) is 3.99. The number of likely N-dealkylation sites (N-methyl/N-ethyl adjacent to an activating group) is 1. The SMILES string of the molecule is CN1CCSCC1C(O)Cc1ccn(C)n1. The molecule has 1 aromatic rings. The molecule has 1 aliphatic rings. The van der Waals surface area contributed by atoms with Crippen LogP contribution in [-0.2, 0) is 13.5 Å². The molecule has 1 fully saturated rings. The first-order valence-corrected chi connectivity index (χ1v) is 6.77. The Morgan fingerprint density at radius 2 is 2.44 bits per heavy atom. The molecule has 1 saturated heterocycles. The summed E-state index contributed by atoms with van der Waals surface area (Å²) in [4.78, 5) is 2.25. The van der Waals surface area contributed by atoms with Crippen LogP contribution in [0.4, 0.5) is 0 Å². The van der Waals surface area contributed by atoms with Gasteiger partial charge in [0.05, 0.1) is 11.8 Å². The number of aliphatic hydroxyl groups excluding tert-OH is 1. The van der Waals surface area contributed by atoms with E-state index in [9.17, 15) is 5.11 Å². The minimum absolute atomic E-state index is 0.265. The first kappa shape index (κ1) is 12.0. The van der Waals surface area contributed by atoms with Gasteiger partial charge in [-0.05, 0) is 13.1 Å². The molecule has 2 heterocycles. The Balaban J connectivity index is 1.93. The van der Waals surface area contributed by atoms with Crippen LogP contribution in [0.2, 0.25) is 0 Å². The summed E-state index contributed by atoms with van der Waals surface area (Å²) in [6, 6.07) is 2.24. The van der Waals surface area contributed by atoms with E-state index in [2.05, 4.69) is 17.0 Å². The monoisotopic (exact) mass is 241 g/mol. The molecule has 0 saturated carbocycles. The molecule has 0 amide bonds. The third kappa shape index (κ3) is 2.78. The zero-order chi connectivity index (χ0) is 11.5. The first-order valence-electron chi connectivity index (χ1n) is 5.61. The standard InChI is InChI=1S/C11H19N3OS/c1-13-5-6-16-8-10(13)11(15)7-9-3-4-14(2)12-9/h3-4,10-11,15H,5-8H2,1-2H3. The Labute approximate surface area is 101 Å². The second-order valence-corrected chi connectivity index (χ2v) is 5.52. The third-order valence-electron chi connectivity index (χ3n) is 3.07. The van der Waals surface area contributed by atoms with Crippen molar-refractivity contribution in [1.82, 2.24) is 14.7 Å². The molecule has 16 heavy (non-hydrogen) atoms. The van der Waals surface area contributed by atoms with Crippen LogP contribution in [0.25, 0.3) is 0 Å². The zero-order valence-electron chi connectivity index (χ0n) is 9.83. The van der Waals surface area contributed by atoms with Crippen molar-refractivity contribution in [3.8, 4) is 0 Å². The third-order valence-corrected chi connectivity index (χ3v) is 4.12. The van der Waals surface area contributed by atoms with Gasteiger partial charge in [0.1, 0.15) is 0 Å². The number of aryl methyl sites for hydroxylation is 1. The number of nitrogens with zero attached hydrogens (tertiary/aromatic N) is 3. The summed E-state index contributed by atoms with van der Waals surface area (Å²) >= 11 is 1.92. The largest absolute Gasteiger partial charge is 0.391 e. The van der Waals surface area contributed by atoms with E-state index in [1.165, 1.54) is 5.75 Å². The molecule has 5 heteroatoms. The van der Waals surface area contributed by atoms with Gasteiger partial charge in [-0.1, -0.05) is 0 Å². The molecule has 1 N–H and O–H groups in total. The van der Waals surface area contributed by atoms with Gasteiger partial charge in [0, 0.05) is 43.8 Å². The summed E-state index contributed by atoms with van der Waals surface area (Å²) in [5, 5.41) is 14.5. The molecule has 2 unspecified atom stereocenters. The van der Waals surface area contributed by atoms with Crippen molar-refractivity contribution < 1.29 is 5.11 Å². The van der Waals surface area contributed by atoms with Gasteiger partial charge >= 0.3 is 0 Å². The topological polar surface area (TPSA) is 41.3 Å². The second kappa shape index (κ2) is 5.21. The Kier molecular flexibility index (Phi) is 3.89. The van der Waals surface area contributed by atoms with Crippen LogP contribution >= 0.6 is 11.8 Å². The van der Waals surface area contributed by atoms with Crippen molar-refractivity contribution in [3.63, 3.8) is 0 Å². The van der Waals surface area contributed by atoms with Gasteiger partial charge in [0.25, 0.3) is 0 Å². The predicted molar refractivity (Wildman–Crippen MR) is 66.7 cm³/mol. The average Bonchev–Trinajstić information content (AvgIpc) is 2.64. The number of aliphatic hydroxyl groups is 1. The molecule has 0 aliphatic carbocycles. The van der Waals surface area contributed by atoms with E-state index in [1.54, 1.807) is 4.68 Å². The van der Waals surface area contributed by atoms with Gasteiger partial charge < -0.3 is 5.11 Å². The highest BCUT2D eigenvalue weighted by Crippen LogP contribution is 2.19. The van der Waals surface area contributed by atoms with Gasteiger partial charge in [0.2, 0.25) is 0 Å². The lowest BCUT2D eigenvalue weighted by Gasteiger charge is -2.35. The minimum atomic E-state index is -0.312. The second-order valence-electron chi connectivity index (χ2n) is 4.38. The van der Waals surface area contributed by atoms with Crippen LogP contribution < -0.4 is 0 Å². The van der Waals surface area contributed by atoms with Crippen molar-refractivity contribution >= 4 is 11.8 Å². The van der Waals surface area contributed by atoms with E-state index in [4.69, 9.17) is 0 Å². The lowest BCUT2D eigenvalue weighted by molar-refractivity contribution is 0.0755. The van der Waals surface area contributed by atoms with E-state index in [1.807, 2.05) is 31.1 Å². The Morgan fingerprint density at radius 1 is 1.62 bits per heavy atom. The average molecular weight is 241 g/mol. The van der Waals surface area contributed by atoms with Crippen LogP contribution in [0.15, 0.2) is 12.3 Å². The number of hydrogen-bond acceptors (Lipinski definition) is 4. The van der Waals surface area contributed by atoms with Crippen LogP contribution in [0.1, 0.15) is 5.69 Å². The van der Waals surface area contributed by atoms with Crippen molar-refractivity contribution in [2.75, 3.05) is 25.1 Å². The van der Waals surface area contributed by atoms with E-state index in [-0.39, 0.29) is 12.1 Å². The summed E-state index contributed by atoms with van der Waals surface area (Å²) < 4.78 is 1.78. The maximum absolute atomic E-state index is 10.2. The molecule has 2 atom stereocenters. The maximum atomic E-state index is 10.2. The summed E-state index contributed by atoms with van der Waals surface area (Å²) in [6.07, 6.45) is 2.25. The highest BCUT2D eigenvalue weighted by Gasteiger charge is 2.26. The van der Waals surface area contributed by atoms with Gasteiger partial charge in [-0.25, -0.2) is 0 Å². The van der Waals surface area contributed by atoms with Crippen LogP contribution in [0.3, 0.4) is 0 Å². The molecule has 4 nitrogen and oxygen atoms in total. The van der Waals surface area contributed by atoms with Crippen molar-refractivity contribution in [3.05, 3.63) is 18.0 Å². The molecule has 0 aromatic carbocycles. The van der Waals surface area contributed by atoms with Crippen molar-refractivity contribution in [2.45, 2.75) is 18.6 Å². The molecule has 2 rings (SSSR count). The van der Waals surface area contributed by atoms with E-state index < -0.39 is 0 Å². The first-order chi connectivity index (χ1) is 7.66. The zero-order valence-corrected chi connectivity index (χ0v) is 10.7. The number of aromatic nitrogens is 2. The Morgan fingerprint density at radius 3 is 3.06 bits per heavy atom. The van der Waals surface area contributed by atoms with Crippen molar-refractivity contribution in [1.29, 1.82) is 0 Å². The number of hydrogen-bond donors (Lipinski definition) is 1. The lowest BCUT2D eigenvalue weighted by Crippen LogP contribution is -2.47. The normalized spacial score (nSPS) is 24.6. The van der Waals surface area contributed by atoms with Gasteiger partial charge in [0.15, 0.2) is 0 Å². The van der Waals surface area contributed by atoms with E-state index in [0.717, 1.165) is 18.0 Å². The van der Waals surface area contributed by atoms with Crippen LogP contribution in [0, 0.1) is 0 Å². The smallest absolute Gasteiger partial charge is 0.0759 e. The van der Waals surface area contributed by atoms with Crippen LogP contribution in [0.5, 0.6) is 0 Å². The summed E-state index contributed by atoms with van der Waals surface area (Å²) in [5.74, 6) is 2.19. The fraction of sp³-hybridized carbons (Fsp3) is 0.727. The molecule has 0 spiro atoms. The predicted octanol–water partition coefficient (Wildman–Crippen LogP) is 0.371. The molecule has 90 valence electrons. The quantitative estimate of drug-likeness (QED) is 0.830. The van der Waals surface area contributed by atoms with Gasteiger partial charge in [-0.15, -0.1) is 0 Å². The fourth-order valence-electron chi connectivity index (χ4n) is 2.03. The van der Waals surface area contributed by atoms with Gasteiger partial charge in [-0.3, -0.25) is 9.58 Å². The highest BCUT2D eigenvalue weighted by molar-refractivity contribution is 7.99. The fourth-order valence-corrected chi connectivity index (χ4v) is 3.33. The maximum Gasteiger partial charge on any atom is 0.0759 e. The molecule has 0 bridgehead atoms. The number of thioether (sulfide) groups is 1. The Bertz CT molecular complexity index is 342. The lowest BCUT2D eigenvalue weighted by atomic mass is 10.1. The molecule has 0 radical (unpaired) electrons. The molecular formula is C11H19N3OS. The minimum Gasteiger partial charge on any atom is -0.391 e. The highest BCUT2D eigenvalue weighted by atomic mass is 32.2. The number of rotatable bonds is 3. The summed E-state index contributed by atoms with van der Waals surface area (Å²) in [5.41, 5.74) is 0.971. The van der Waals surface area contributed by atoms with Crippen LogP contribution in [-0.4, -0.2) is 57.0 Å². The Hall–Kier alpha value is -0.520. The molecule has 1 aliphatic heterocycles. The molecule has 1 aromatic heterocycles. The van der Waals surface area contributed by atoms with E-state index >= 15 is 0 Å².